The lowest BCUT2D eigenvalue weighted by molar-refractivity contribution is 0.0858. The first-order valence-electron chi connectivity index (χ1n) is 4.04. The maximum atomic E-state index is 5.31. The van der Waals surface area contributed by atoms with Crippen LogP contribution in [0.4, 0.5) is 0 Å². The van der Waals surface area contributed by atoms with Crippen LogP contribution in [0.15, 0.2) is 10.1 Å². The number of hydrogen-bond acceptors (Lipinski definition) is 3. The molecule has 2 heterocycles. The Morgan fingerprint density at radius 2 is 2.25 bits per heavy atom. The zero-order valence-electron chi connectivity index (χ0n) is 6.62. The van der Waals surface area contributed by atoms with Gasteiger partial charge in [0.25, 0.3) is 0 Å². The molecule has 0 saturated carbocycles. The van der Waals surface area contributed by atoms with E-state index in [2.05, 4.69) is 20.9 Å². The minimum absolute atomic E-state index is 0.667. The van der Waals surface area contributed by atoms with Crippen LogP contribution in [-0.4, -0.2) is 18.2 Å². The summed E-state index contributed by atoms with van der Waals surface area (Å²) in [4.78, 5) is 5.57. The Morgan fingerprint density at radius 1 is 1.50 bits per heavy atom. The van der Waals surface area contributed by atoms with Crippen LogP contribution >= 0.6 is 27.3 Å². The van der Waals surface area contributed by atoms with Gasteiger partial charge in [0, 0.05) is 24.0 Å². The van der Waals surface area contributed by atoms with Crippen LogP contribution in [0, 0.1) is 0 Å². The van der Waals surface area contributed by atoms with Gasteiger partial charge in [-0.3, -0.25) is 0 Å². The van der Waals surface area contributed by atoms with Crippen molar-refractivity contribution in [3.05, 3.63) is 15.0 Å². The molecule has 2 rings (SSSR count). The number of rotatable bonds is 1. The minimum Gasteiger partial charge on any atom is -0.381 e. The summed E-state index contributed by atoms with van der Waals surface area (Å²) in [6.45, 7) is 1.80. The lowest BCUT2D eigenvalue weighted by atomic mass is 9.99. The average molecular weight is 248 g/mol. The predicted octanol–water partition coefficient (Wildman–Crippen LogP) is 2.80. The van der Waals surface area contributed by atoms with Crippen LogP contribution in [0.1, 0.15) is 23.6 Å². The van der Waals surface area contributed by atoms with Gasteiger partial charge in [0.1, 0.15) is 4.60 Å². The highest BCUT2D eigenvalue weighted by Gasteiger charge is 2.19. The van der Waals surface area contributed by atoms with Gasteiger partial charge in [0.15, 0.2) is 0 Å². The van der Waals surface area contributed by atoms with Crippen molar-refractivity contribution in [2.24, 2.45) is 0 Å². The van der Waals surface area contributed by atoms with Crippen molar-refractivity contribution in [1.82, 2.24) is 4.98 Å². The lowest BCUT2D eigenvalue weighted by Crippen LogP contribution is -2.13. The van der Waals surface area contributed by atoms with E-state index in [0.29, 0.717) is 5.92 Å². The standard InChI is InChI=1S/C8H10BrNOS/c9-8-7(12-5-10-8)6-1-3-11-4-2-6/h5-6H,1-4H2. The second-order valence-electron chi connectivity index (χ2n) is 2.89. The molecular weight excluding hydrogens is 238 g/mol. The fourth-order valence-electron chi connectivity index (χ4n) is 1.47. The molecule has 0 radical (unpaired) electrons. The highest BCUT2D eigenvalue weighted by Crippen LogP contribution is 2.34. The SMILES string of the molecule is Brc1ncsc1C1CCOCC1. The highest BCUT2D eigenvalue weighted by atomic mass is 79.9. The molecule has 12 heavy (non-hydrogen) atoms. The largest absolute Gasteiger partial charge is 0.381 e. The molecule has 4 heteroatoms. The van der Waals surface area contributed by atoms with Gasteiger partial charge in [0.2, 0.25) is 0 Å². The zero-order valence-corrected chi connectivity index (χ0v) is 9.03. The van der Waals surface area contributed by atoms with Crippen LogP contribution in [0.3, 0.4) is 0 Å². The molecule has 0 N–H and O–H groups in total. The third kappa shape index (κ3) is 1.70. The average Bonchev–Trinajstić information content (AvgIpc) is 2.53. The van der Waals surface area contributed by atoms with Crippen LogP contribution in [0.2, 0.25) is 0 Å². The minimum atomic E-state index is 0.667. The summed E-state index contributed by atoms with van der Waals surface area (Å²) in [5.74, 6) is 0.667. The number of hydrogen-bond donors (Lipinski definition) is 0. The maximum absolute atomic E-state index is 5.31. The molecule has 1 aromatic rings. The Bertz CT molecular complexity index is 257. The van der Waals surface area contributed by atoms with Crippen molar-refractivity contribution >= 4 is 27.3 Å². The van der Waals surface area contributed by atoms with E-state index in [4.69, 9.17) is 4.74 Å². The van der Waals surface area contributed by atoms with Crippen molar-refractivity contribution in [3.63, 3.8) is 0 Å². The second-order valence-corrected chi connectivity index (χ2v) is 4.53. The molecule has 1 saturated heterocycles. The van der Waals surface area contributed by atoms with Crippen LogP contribution < -0.4 is 0 Å². The van der Waals surface area contributed by atoms with Crippen LogP contribution in [0.5, 0.6) is 0 Å². The van der Waals surface area contributed by atoms with E-state index in [1.807, 2.05) is 5.51 Å². The molecule has 1 aromatic heterocycles. The molecule has 66 valence electrons. The van der Waals surface area contributed by atoms with E-state index >= 15 is 0 Å². The Hall–Kier alpha value is 0.0700. The van der Waals surface area contributed by atoms with E-state index in [9.17, 15) is 0 Å². The second kappa shape index (κ2) is 3.85. The van der Waals surface area contributed by atoms with Crippen LogP contribution in [0.25, 0.3) is 0 Å². The third-order valence-electron chi connectivity index (χ3n) is 2.14. The Balaban J connectivity index is 2.13. The molecular formula is C8H10BrNOS. The van der Waals surface area contributed by atoms with E-state index in [0.717, 1.165) is 30.7 Å². The molecule has 0 aliphatic carbocycles. The molecule has 0 spiro atoms. The smallest absolute Gasteiger partial charge is 0.120 e. The first kappa shape index (κ1) is 8.66. The fraction of sp³-hybridized carbons (Fsp3) is 0.625. The molecule has 0 aromatic carbocycles. The molecule has 0 amide bonds. The molecule has 0 bridgehead atoms. The van der Waals surface area contributed by atoms with Gasteiger partial charge in [-0.1, -0.05) is 0 Å². The van der Waals surface area contributed by atoms with E-state index in [-0.39, 0.29) is 0 Å². The van der Waals surface area contributed by atoms with Crippen molar-refractivity contribution in [1.29, 1.82) is 0 Å². The summed E-state index contributed by atoms with van der Waals surface area (Å²) in [6.07, 6.45) is 2.28. The summed E-state index contributed by atoms with van der Waals surface area (Å²) in [5.41, 5.74) is 1.90. The highest BCUT2D eigenvalue weighted by molar-refractivity contribution is 9.10. The van der Waals surface area contributed by atoms with Crippen LogP contribution in [-0.2, 0) is 4.74 Å². The van der Waals surface area contributed by atoms with Crippen molar-refractivity contribution < 1.29 is 4.74 Å². The van der Waals surface area contributed by atoms with Gasteiger partial charge in [0.05, 0.1) is 5.51 Å². The normalized spacial score (nSPS) is 19.8. The molecule has 2 nitrogen and oxygen atoms in total. The Kier molecular flexibility index (Phi) is 2.78. The molecule has 0 atom stereocenters. The zero-order chi connectivity index (χ0) is 8.39. The summed E-state index contributed by atoms with van der Waals surface area (Å²) < 4.78 is 6.33. The third-order valence-corrected chi connectivity index (χ3v) is 4.03. The van der Waals surface area contributed by atoms with Gasteiger partial charge in [-0.15, -0.1) is 11.3 Å². The van der Waals surface area contributed by atoms with Gasteiger partial charge in [-0.25, -0.2) is 4.98 Å². The summed E-state index contributed by atoms with van der Waals surface area (Å²) in [6, 6.07) is 0. The molecule has 1 fully saturated rings. The quantitative estimate of drug-likeness (QED) is 0.762. The van der Waals surface area contributed by atoms with Crippen molar-refractivity contribution in [3.8, 4) is 0 Å². The Labute approximate surface area is 84.1 Å². The van der Waals surface area contributed by atoms with E-state index in [1.165, 1.54) is 4.88 Å². The molecule has 1 aliphatic heterocycles. The summed E-state index contributed by atoms with van der Waals surface area (Å²) >= 11 is 5.20. The first-order valence-corrected chi connectivity index (χ1v) is 5.72. The van der Waals surface area contributed by atoms with Gasteiger partial charge >= 0.3 is 0 Å². The molecule has 0 unspecified atom stereocenters. The lowest BCUT2D eigenvalue weighted by Gasteiger charge is -2.20. The number of nitrogens with zero attached hydrogens (tertiary/aromatic N) is 1. The Morgan fingerprint density at radius 3 is 2.83 bits per heavy atom. The number of thiazole rings is 1. The van der Waals surface area contributed by atoms with Crippen molar-refractivity contribution in [2.75, 3.05) is 13.2 Å². The van der Waals surface area contributed by atoms with E-state index < -0.39 is 0 Å². The summed E-state index contributed by atoms with van der Waals surface area (Å²) in [5, 5.41) is 0. The predicted molar refractivity (Wildman–Crippen MR) is 52.6 cm³/mol. The maximum Gasteiger partial charge on any atom is 0.120 e. The molecule has 1 aliphatic rings. The monoisotopic (exact) mass is 247 g/mol. The first-order chi connectivity index (χ1) is 5.88. The topological polar surface area (TPSA) is 22.1 Å². The fourth-order valence-corrected chi connectivity index (χ4v) is 3.16. The van der Waals surface area contributed by atoms with Gasteiger partial charge in [-0.2, -0.15) is 0 Å². The van der Waals surface area contributed by atoms with E-state index in [1.54, 1.807) is 11.3 Å². The number of ether oxygens (including phenoxy) is 1. The van der Waals surface area contributed by atoms with Gasteiger partial charge < -0.3 is 4.74 Å². The van der Waals surface area contributed by atoms with Gasteiger partial charge in [-0.05, 0) is 28.8 Å². The van der Waals surface area contributed by atoms with Crippen molar-refractivity contribution in [2.45, 2.75) is 18.8 Å². The number of halogens is 1. The summed E-state index contributed by atoms with van der Waals surface area (Å²) in [7, 11) is 0. The number of aromatic nitrogens is 1.